The van der Waals surface area contributed by atoms with Crippen LogP contribution < -0.4 is 0 Å². The molecule has 0 spiro atoms. The number of rotatable bonds is 56. The van der Waals surface area contributed by atoms with Gasteiger partial charge in [-0.1, -0.05) is 311 Å². The molecule has 0 saturated heterocycles. The van der Waals surface area contributed by atoms with Gasteiger partial charge in [-0.15, -0.1) is 0 Å². The van der Waals surface area contributed by atoms with E-state index in [1.807, 2.05) is 0 Å². The van der Waals surface area contributed by atoms with Crippen molar-refractivity contribution >= 4 is 17.9 Å². The predicted molar refractivity (Wildman–Crippen MR) is 293 cm³/mol. The van der Waals surface area contributed by atoms with E-state index < -0.39 is 6.10 Å². The van der Waals surface area contributed by atoms with Crippen molar-refractivity contribution in [2.45, 2.75) is 355 Å². The highest BCUT2D eigenvalue weighted by Gasteiger charge is 2.19. The van der Waals surface area contributed by atoms with Gasteiger partial charge in [0, 0.05) is 19.3 Å². The van der Waals surface area contributed by atoms with Crippen LogP contribution in [0.15, 0.2) is 0 Å². The van der Waals surface area contributed by atoms with Crippen LogP contribution >= 0.6 is 0 Å². The van der Waals surface area contributed by atoms with E-state index in [4.69, 9.17) is 14.2 Å². The number of esters is 3. The normalized spacial score (nSPS) is 12.4. The van der Waals surface area contributed by atoms with Gasteiger partial charge in [0.2, 0.25) is 0 Å². The van der Waals surface area contributed by atoms with Crippen LogP contribution in [0.1, 0.15) is 349 Å². The molecule has 0 aliphatic rings. The van der Waals surface area contributed by atoms with Gasteiger partial charge in [-0.2, -0.15) is 0 Å². The van der Waals surface area contributed by atoms with Crippen LogP contribution in [0, 0.1) is 11.8 Å². The van der Waals surface area contributed by atoms with Gasteiger partial charge < -0.3 is 14.2 Å². The monoisotopic (exact) mass is 961 g/mol. The first kappa shape index (κ1) is 66.4. The Bertz CT molecular complexity index is 1040. The lowest BCUT2D eigenvalue weighted by atomic mass is 9.99. The molecule has 0 aromatic carbocycles. The first-order valence-electron chi connectivity index (χ1n) is 30.8. The van der Waals surface area contributed by atoms with Crippen molar-refractivity contribution < 1.29 is 28.6 Å². The number of ether oxygens (including phenoxy) is 3. The summed E-state index contributed by atoms with van der Waals surface area (Å²) in [4.78, 5) is 38.2. The maximum absolute atomic E-state index is 12.9. The van der Waals surface area contributed by atoms with E-state index in [0.29, 0.717) is 19.3 Å². The number of hydrogen-bond donors (Lipinski definition) is 0. The second kappa shape index (κ2) is 54.7. The van der Waals surface area contributed by atoms with Crippen molar-refractivity contribution in [1.29, 1.82) is 0 Å². The number of carbonyl (C=O) groups is 3. The van der Waals surface area contributed by atoms with Gasteiger partial charge in [0.05, 0.1) is 0 Å². The molecule has 0 aromatic heterocycles. The minimum Gasteiger partial charge on any atom is -0.462 e. The maximum atomic E-state index is 12.9. The summed E-state index contributed by atoms with van der Waals surface area (Å²) >= 11 is 0. The third-order valence-electron chi connectivity index (χ3n) is 14.6. The van der Waals surface area contributed by atoms with E-state index in [1.54, 1.807) is 0 Å². The van der Waals surface area contributed by atoms with E-state index in [2.05, 4.69) is 34.6 Å². The first-order valence-corrected chi connectivity index (χ1v) is 30.8. The van der Waals surface area contributed by atoms with Crippen molar-refractivity contribution in [1.82, 2.24) is 0 Å². The average molecular weight is 962 g/mol. The van der Waals surface area contributed by atoms with Crippen LogP contribution in [0.5, 0.6) is 0 Å². The largest absolute Gasteiger partial charge is 0.462 e. The van der Waals surface area contributed by atoms with Crippen molar-refractivity contribution in [3.05, 3.63) is 0 Å². The lowest BCUT2D eigenvalue weighted by molar-refractivity contribution is -0.167. The maximum Gasteiger partial charge on any atom is 0.306 e. The molecule has 6 nitrogen and oxygen atoms in total. The van der Waals surface area contributed by atoms with Gasteiger partial charge in [-0.25, -0.2) is 0 Å². The summed E-state index contributed by atoms with van der Waals surface area (Å²) in [6, 6.07) is 0. The van der Waals surface area contributed by atoms with Gasteiger partial charge in [-0.3, -0.25) is 14.4 Å². The minimum absolute atomic E-state index is 0.0621. The molecular formula is C62H120O6. The molecule has 0 aliphatic carbocycles. The molecule has 6 heteroatoms. The van der Waals surface area contributed by atoms with Crippen LogP contribution in [-0.2, 0) is 28.6 Å². The molecule has 404 valence electrons. The summed E-state index contributed by atoms with van der Waals surface area (Å²) in [5.74, 6) is 0.907. The molecule has 0 rings (SSSR count). The van der Waals surface area contributed by atoms with Crippen molar-refractivity contribution in [3.8, 4) is 0 Å². The Morgan fingerprint density at radius 2 is 0.559 bits per heavy atom. The quantitative estimate of drug-likeness (QED) is 0.0343. The van der Waals surface area contributed by atoms with Crippen molar-refractivity contribution in [2.24, 2.45) is 11.8 Å². The Morgan fingerprint density at radius 3 is 0.838 bits per heavy atom. The highest BCUT2D eigenvalue weighted by molar-refractivity contribution is 5.71. The van der Waals surface area contributed by atoms with Gasteiger partial charge in [0.25, 0.3) is 0 Å². The third-order valence-corrected chi connectivity index (χ3v) is 14.6. The highest BCUT2D eigenvalue weighted by atomic mass is 16.6. The molecule has 0 N–H and O–H groups in total. The van der Waals surface area contributed by atoms with E-state index in [-0.39, 0.29) is 31.1 Å². The number of hydrogen-bond acceptors (Lipinski definition) is 6. The fraction of sp³-hybridized carbons (Fsp3) is 0.952. The zero-order valence-corrected chi connectivity index (χ0v) is 46.7. The van der Waals surface area contributed by atoms with Crippen LogP contribution in [0.4, 0.5) is 0 Å². The van der Waals surface area contributed by atoms with Crippen molar-refractivity contribution in [2.75, 3.05) is 13.2 Å². The van der Waals surface area contributed by atoms with Gasteiger partial charge in [0.1, 0.15) is 13.2 Å². The summed E-state index contributed by atoms with van der Waals surface area (Å²) < 4.78 is 16.9. The summed E-state index contributed by atoms with van der Waals surface area (Å²) in [7, 11) is 0. The molecule has 68 heavy (non-hydrogen) atoms. The standard InChI is InChI=1S/C62H120O6/c1-6-8-9-10-11-12-13-14-15-24-29-34-39-44-49-54-62(65)68-59(55-66-60(63)52-47-42-37-32-27-22-18-16-20-25-30-35-40-45-50-57(3)4)56-67-61(64)53-48-43-38-33-28-23-19-17-21-26-31-36-41-46-51-58(5)7-2/h57-59H,6-56H2,1-5H3/t58?,59-/m1/s1. The molecule has 0 radical (unpaired) electrons. The van der Waals surface area contributed by atoms with Crippen LogP contribution in [0.3, 0.4) is 0 Å². The average Bonchev–Trinajstić information content (AvgIpc) is 3.32. The Kier molecular flexibility index (Phi) is 53.5. The Labute approximate surface area is 425 Å². The molecule has 2 atom stereocenters. The number of carbonyl (C=O) groups excluding carboxylic acids is 3. The predicted octanol–water partition coefficient (Wildman–Crippen LogP) is 20.4. The molecule has 1 unspecified atom stereocenters. The van der Waals surface area contributed by atoms with Crippen molar-refractivity contribution in [3.63, 3.8) is 0 Å². The fourth-order valence-corrected chi connectivity index (χ4v) is 9.55. The van der Waals surface area contributed by atoms with E-state index in [0.717, 1.165) is 69.6 Å². The zero-order valence-electron chi connectivity index (χ0n) is 46.7. The smallest absolute Gasteiger partial charge is 0.306 e. The SMILES string of the molecule is CCCCCCCCCCCCCCCCCC(=O)O[C@H](COC(=O)CCCCCCCCCCCCCCCCC(C)C)COC(=O)CCCCCCCCCCCCCCCCC(C)CC. The van der Waals surface area contributed by atoms with Gasteiger partial charge in [0.15, 0.2) is 6.10 Å². The van der Waals surface area contributed by atoms with Crippen LogP contribution in [0.2, 0.25) is 0 Å². The van der Waals surface area contributed by atoms with Gasteiger partial charge in [-0.05, 0) is 31.1 Å². The summed E-state index contributed by atoms with van der Waals surface area (Å²) in [6.45, 7) is 11.5. The van der Waals surface area contributed by atoms with E-state index in [9.17, 15) is 14.4 Å². The Morgan fingerprint density at radius 1 is 0.309 bits per heavy atom. The molecule has 0 bridgehead atoms. The lowest BCUT2D eigenvalue weighted by Gasteiger charge is -2.18. The van der Waals surface area contributed by atoms with Gasteiger partial charge >= 0.3 is 17.9 Å². The number of unbranched alkanes of at least 4 members (excludes halogenated alkanes) is 40. The fourth-order valence-electron chi connectivity index (χ4n) is 9.55. The van der Waals surface area contributed by atoms with E-state index in [1.165, 1.54) is 238 Å². The summed E-state index contributed by atoms with van der Waals surface area (Å²) in [6.07, 6.45) is 59.4. The topological polar surface area (TPSA) is 78.9 Å². The lowest BCUT2D eigenvalue weighted by Crippen LogP contribution is -2.30. The Balaban J connectivity index is 4.29. The summed E-state index contributed by atoms with van der Waals surface area (Å²) in [5, 5.41) is 0. The molecule has 0 aromatic rings. The van der Waals surface area contributed by atoms with Crippen LogP contribution in [0.25, 0.3) is 0 Å². The first-order chi connectivity index (χ1) is 33.3. The molecule has 0 saturated carbocycles. The highest BCUT2D eigenvalue weighted by Crippen LogP contribution is 2.19. The molecule has 0 aliphatic heterocycles. The molecule has 0 heterocycles. The molecular weight excluding hydrogens is 841 g/mol. The van der Waals surface area contributed by atoms with E-state index >= 15 is 0 Å². The zero-order chi connectivity index (χ0) is 49.6. The van der Waals surface area contributed by atoms with Crippen LogP contribution in [-0.4, -0.2) is 37.2 Å². The minimum atomic E-state index is -0.763. The molecule has 0 fully saturated rings. The second-order valence-electron chi connectivity index (χ2n) is 22.1. The Hall–Kier alpha value is -1.59. The summed E-state index contributed by atoms with van der Waals surface area (Å²) in [5.41, 5.74) is 0. The third kappa shape index (κ3) is 53.8. The second-order valence-corrected chi connectivity index (χ2v) is 22.1. The molecule has 0 amide bonds.